The molecule has 0 aliphatic carbocycles. The Morgan fingerprint density at radius 1 is 0.893 bits per heavy atom. The average Bonchev–Trinajstić information content (AvgIpc) is 2.70. The number of hydrogen-bond donors (Lipinski definition) is 0. The highest BCUT2D eigenvalue weighted by molar-refractivity contribution is 5.73. The van der Waals surface area contributed by atoms with Crippen LogP contribution in [0.15, 0.2) is 77.6 Å². The fraction of sp³-hybridized carbons (Fsp3) is 0.0476. The molecule has 28 heavy (non-hydrogen) atoms. The van der Waals surface area contributed by atoms with Crippen molar-refractivity contribution in [3.05, 3.63) is 106 Å². The van der Waals surface area contributed by atoms with Crippen molar-refractivity contribution >= 4 is 11.0 Å². The number of nitrogens with zero attached hydrogens (tertiary/aromatic N) is 2. The van der Waals surface area contributed by atoms with Gasteiger partial charge in [0.15, 0.2) is 5.52 Å². The van der Waals surface area contributed by atoms with Crippen molar-refractivity contribution in [2.45, 2.75) is 6.61 Å². The maximum Gasteiger partial charge on any atom is 0.357 e. The van der Waals surface area contributed by atoms with E-state index in [1.165, 1.54) is 18.2 Å². The second-order valence-electron chi connectivity index (χ2n) is 6.07. The lowest BCUT2D eigenvalue weighted by Gasteiger charge is -2.14. The monoisotopic (exact) mass is 380 g/mol. The Morgan fingerprint density at radius 2 is 1.54 bits per heavy atom. The third-order valence-corrected chi connectivity index (χ3v) is 4.36. The van der Waals surface area contributed by atoms with Crippen molar-refractivity contribution in [3.8, 4) is 11.3 Å². The Morgan fingerprint density at radius 3 is 2.25 bits per heavy atom. The van der Waals surface area contributed by atoms with Crippen molar-refractivity contribution in [3.63, 3.8) is 0 Å². The number of fused-ring (bicyclic) bond motifs is 1. The summed E-state index contributed by atoms with van der Waals surface area (Å²) >= 11 is 0. The Labute approximate surface area is 158 Å². The second kappa shape index (κ2) is 7.11. The van der Waals surface area contributed by atoms with Crippen LogP contribution in [0.5, 0.6) is 0 Å². The van der Waals surface area contributed by atoms with Crippen molar-refractivity contribution in [1.29, 1.82) is 0 Å². The van der Waals surface area contributed by atoms with Crippen LogP contribution < -0.4 is 15.1 Å². The van der Waals surface area contributed by atoms with E-state index < -0.39 is 23.8 Å². The van der Waals surface area contributed by atoms with Gasteiger partial charge in [0.05, 0.1) is 11.1 Å². The van der Waals surface area contributed by atoms with E-state index in [4.69, 9.17) is 4.84 Å². The van der Waals surface area contributed by atoms with Crippen LogP contribution in [0, 0.1) is 16.8 Å². The molecule has 7 heteroatoms. The molecule has 5 nitrogen and oxygen atoms in total. The first-order chi connectivity index (χ1) is 13.6. The summed E-state index contributed by atoms with van der Waals surface area (Å²) in [5.74, 6) is -1.56. The minimum atomic E-state index is -0.782. The summed E-state index contributed by atoms with van der Waals surface area (Å²) in [6.45, 7) is -0.514. The lowest BCUT2D eigenvalue weighted by molar-refractivity contribution is -0.566. The maximum absolute atomic E-state index is 13.9. The van der Waals surface area contributed by atoms with E-state index in [9.17, 15) is 18.8 Å². The molecule has 0 aliphatic heterocycles. The highest BCUT2D eigenvalue weighted by Gasteiger charge is 2.23. The number of rotatable bonds is 4. The number of aromatic nitrogens is 2. The number of halogens is 2. The third-order valence-electron chi connectivity index (χ3n) is 4.36. The van der Waals surface area contributed by atoms with E-state index >= 15 is 0 Å². The van der Waals surface area contributed by atoms with E-state index in [0.717, 1.165) is 16.9 Å². The number of benzene rings is 3. The van der Waals surface area contributed by atoms with Crippen LogP contribution in [0.3, 0.4) is 0 Å². The molecule has 0 aliphatic rings. The van der Waals surface area contributed by atoms with Gasteiger partial charge in [-0.3, -0.25) is 4.79 Å². The summed E-state index contributed by atoms with van der Waals surface area (Å²) < 4.78 is 29.3. The molecule has 4 aromatic rings. The largest absolute Gasteiger partial charge is 0.618 e. The molecule has 1 heterocycles. The fourth-order valence-corrected chi connectivity index (χ4v) is 2.98. The van der Waals surface area contributed by atoms with Gasteiger partial charge in [0, 0.05) is 6.07 Å². The molecule has 0 spiro atoms. The summed E-state index contributed by atoms with van der Waals surface area (Å²) in [4.78, 5) is 18.5. The van der Waals surface area contributed by atoms with Crippen molar-refractivity contribution in [1.82, 2.24) is 4.73 Å². The van der Waals surface area contributed by atoms with E-state index in [2.05, 4.69) is 0 Å². The molecular formula is C21H14F2N2O3. The SMILES string of the molecule is O=c1c(-c2ccccc2)[n+]([O-])c2ccccc2n1OCc1c(F)cccc1F. The minimum absolute atomic E-state index is 0.145. The molecule has 0 fully saturated rings. The minimum Gasteiger partial charge on any atom is -0.618 e. The first-order valence-corrected chi connectivity index (χ1v) is 8.47. The molecule has 0 amide bonds. The van der Waals surface area contributed by atoms with Crippen LogP contribution in [0.25, 0.3) is 22.3 Å². The molecule has 0 saturated heterocycles. The van der Waals surface area contributed by atoms with Gasteiger partial charge in [-0.05, 0) is 30.3 Å². The van der Waals surface area contributed by atoms with E-state index in [1.807, 2.05) is 0 Å². The molecule has 0 atom stereocenters. The topological polar surface area (TPSA) is 58.2 Å². The Kier molecular flexibility index (Phi) is 4.49. The quantitative estimate of drug-likeness (QED) is 0.404. The highest BCUT2D eigenvalue weighted by atomic mass is 19.1. The van der Waals surface area contributed by atoms with Gasteiger partial charge in [-0.25, -0.2) is 8.78 Å². The zero-order valence-corrected chi connectivity index (χ0v) is 14.5. The van der Waals surface area contributed by atoms with Gasteiger partial charge < -0.3 is 10.0 Å². The second-order valence-corrected chi connectivity index (χ2v) is 6.07. The summed E-state index contributed by atoms with van der Waals surface area (Å²) in [5, 5.41) is 12.8. The molecule has 0 radical (unpaired) electrons. The summed E-state index contributed by atoms with van der Waals surface area (Å²) in [6.07, 6.45) is 0. The van der Waals surface area contributed by atoms with Crippen molar-refractivity contribution in [2.24, 2.45) is 0 Å². The lowest BCUT2D eigenvalue weighted by Crippen LogP contribution is -2.42. The van der Waals surface area contributed by atoms with Crippen LogP contribution in [-0.4, -0.2) is 4.73 Å². The van der Waals surface area contributed by atoms with Gasteiger partial charge in [-0.2, -0.15) is 4.73 Å². The predicted molar refractivity (Wildman–Crippen MR) is 99.2 cm³/mol. The summed E-state index contributed by atoms with van der Waals surface area (Å²) in [6, 6.07) is 18.2. The van der Waals surface area contributed by atoms with Gasteiger partial charge >= 0.3 is 5.56 Å². The molecule has 0 saturated carbocycles. The molecule has 1 aromatic heterocycles. The third kappa shape index (κ3) is 2.96. The van der Waals surface area contributed by atoms with Gasteiger partial charge in [-0.15, -0.1) is 4.73 Å². The summed E-state index contributed by atoms with van der Waals surface area (Å²) in [5.41, 5.74) is -0.389. The molecule has 4 rings (SSSR count). The maximum atomic E-state index is 13.9. The van der Waals surface area contributed by atoms with Crippen LogP contribution in [-0.2, 0) is 6.61 Å². The first-order valence-electron chi connectivity index (χ1n) is 8.47. The highest BCUT2D eigenvalue weighted by Crippen LogP contribution is 2.16. The number of para-hydroxylation sites is 2. The smallest absolute Gasteiger partial charge is 0.357 e. The molecule has 3 aromatic carbocycles. The van der Waals surface area contributed by atoms with Gasteiger partial charge in [0.25, 0.3) is 5.69 Å². The van der Waals surface area contributed by atoms with Crippen molar-refractivity contribution < 1.29 is 18.3 Å². The van der Waals surface area contributed by atoms with Gasteiger partial charge in [0.1, 0.15) is 18.2 Å². The Balaban J connectivity index is 1.89. The standard InChI is InChI=1S/C21H14F2N2O3/c22-16-9-6-10-17(23)15(16)13-28-25-19-12-5-4-11-18(19)24(27)20(21(25)26)14-7-2-1-3-8-14/h1-12H,13H2. The fourth-order valence-electron chi connectivity index (χ4n) is 2.98. The van der Waals surface area contributed by atoms with Gasteiger partial charge in [-0.1, -0.05) is 36.4 Å². The van der Waals surface area contributed by atoms with Crippen LogP contribution >= 0.6 is 0 Å². The van der Waals surface area contributed by atoms with Crippen LogP contribution in [0.2, 0.25) is 0 Å². The number of hydrogen-bond acceptors (Lipinski definition) is 3. The van der Waals surface area contributed by atoms with Crippen LogP contribution in [0.1, 0.15) is 5.56 Å². The normalized spacial score (nSPS) is 10.9. The van der Waals surface area contributed by atoms with E-state index in [-0.39, 0.29) is 22.3 Å². The predicted octanol–water partition coefficient (Wildman–Crippen LogP) is 3.21. The summed E-state index contributed by atoms with van der Waals surface area (Å²) in [7, 11) is 0. The zero-order chi connectivity index (χ0) is 19.7. The van der Waals surface area contributed by atoms with Crippen LogP contribution in [0.4, 0.5) is 8.78 Å². The Hall–Kier alpha value is -3.74. The molecule has 140 valence electrons. The molecule has 0 unspecified atom stereocenters. The Bertz CT molecular complexity index is 1200. The first kappa shape index (κ1) is 17.7. The molecule has 0 bridgehead atoms. The van der Waals surface area contributed by atoms with Crippen molar-refractivity contribution in [2.75, 3.05) is 0 Å². The molecule has 0 N–H and O–H groups in total. The van der Waals surface area contributed by atoms with Gasteiger partial charge in [0.2, 0.25) is 5.52 Å². The van der Waals surface area contributed by atoms with E-state index in [1.54, 1.807) is 42.5 Å². The lowest BCUT2D eigenvalue weighted by atomic mass is 10.1. The zero-order valence-electron chi connectivity index (χ0n) is 14.5. The molecular weight excluding hydrogens is 366 g/mol. The van der Waals surface area contributed by atoms with E-state index in [0.29, 0.717) is 10.3 Å². The average molecular weight is 380 g/mol.